The van der Waals surface area contributed by atoms with Crippen LogP contribution in [0, 0.1) is 0 Å². The fourth-order valence-corrected chi connectivity index (χ4v) is 4.59. The molecule has 1 amide bonds. The van der Waals surface area contributed by atoms with E-state index in [0.717, 1.165) is 21.5 Å². The molecule has 1 atom stereocenters. The molecule has 32 heavy (non-hydrogen) atoms. The molecule has 4 heterocycles. The van der Waals surface area contributed by atoms with Crippen molar-refractivity contribution in [3.63, 3.8) is 0 Å². The van der Waals surface area contributed by atoms with Gasteiger partial charge in [-0.05, 0) is 30.3 Å². The van der Waals surface area contributed by atoms with E-state index in [1.807, 2.05) is 48.7 Å². The van der Waals surface area contributed by atoms with Gasteiger partial charge in [0.1, 0.15) is 31.3 Å². The molecule has 1 aliphatic heterocycles. The number of para-hydroxylation sites is 1. The summed E-state index contributed by atoms with van der Waals surface area (Å²) in [5.41, 5.74) is 1.63. The van der Waals surface area contributed by atoms with E-state index in [2.05, 4.69) is 15.1 Å². The van der Waals surface area contributed by atoms with Crippen LogP contribution in [0.25, 0.3) is 21.5 Å². The van der Waals surface area contributed by atoms with Crippen LogP contribution in [0.4, 0.5) is 0 Å². The lowest BCUT2D eigenvalue weighted by Crippen LogP contribution is -2.48. The molecule has 0 bridgehead atoms. The minimum Gasteiger partial charge on any atom is -0.474 e. The van der Waals surface area contributed by atoms with Gasteiger partial charge >= 0.3 is 0 Å². The van der Waals surface area contributed by atoms with E-state index < -0.39 is 0 Å². The molecular weight excluding hydrogens is 450 g/mol. The predicted octanol–water partition coefficient (Wildman–Crippen LogP) is 3.51. The number of aromatic nitrogens is 4. The smallest absolute Gasteiger partial charge is 0.244 e. The second kappa shape index (κ2) is 9.23. The second-order valence-electron chi connectivity index (χ2n) is 7.34. The van der Waals surface area contributed by atoms with Crippen LogP contribution in [0.15, 0.2) is 55.0 Å². The van der Waals surface area contributed by atoms with E-state index in [0.29, 0.717) is 36.5 Å². The van der Waals surface area contributed by atoms with E-state index in [1.165, 1.54) is 17.7 Å². The number of thiophene rings is 1. The summed E-state index contributed by atoms with van der Waals surface area (Å²) in [6.07, 6.45) is 3.06. The molecule has 0 aliphatic carbocycles. The first kappa shape index (κ1) is 20.9. The van der Waals surface area contributed by atoms with Gasteiger partial charge in [-0.1, -0.05) is 23.7 Å². The molecule has 1 fully saturated rings. The Morgan fingerprint density at radius 3 is 3.00 bits per heavy atom. The lowest BCUT2D eigenvalue weighted by atomic mass is 10.2. The van der Waals surface area contributed by atoms with Gasteiger partial charge in [0.15, 0.2) is 0 Å². The Morgan fingerprint density at radius 2 is 2.12 bits per heavy atom. The van der Waals surface area contributed by atoms with Crippen LogP contribution in [0.3, 0.4) is 0 Å². The summed E-state index contributed by atoms with van der Waals surface area (Å²) in [5, 5.41) is 5.35. The van der Waals surface area contributed by atoms with Crippen LogP contribution >= 0.6 is 22.9 Å². The molecule has 0 N–H and O–H groups in total. The van der Waals surface area contributed by atoms with Crippen molar-refractivity contribution in [1.82, 2.24) is 24.6 Å². The van der Waals surface area contributed by atoms with Gasteiger partial charge in [-0.25, -0.2) is 9.97 Å². The Bertz CT molecular complexity index is 1240. The second-order valence-corrected chi connectivity index (χ2v) is 9.06. The van der Waals surface area contributed by atoms with Crippen LogP contribution in [0.5, 0.6) is 5.88 Å². The van der Waals surface area contributed by atoms with E-state index in [-0.39, 0.29) is 18.6 Å². The molecule has 1 saturated heterocycles. The number of carbonyl (C=O) groups is 1. The van der Waals surface area contributed by atoms with Gasteiger partial charge in [-0.3, -0.25) is 9.48 Å². The van der Waals surface area contributed by atoms with Gasteiger partial charge in [0, 0.05) is 12.7 Å². The third-order valence-corrected chi connectivity index (χ3v) is 6.42. The topological polar surface area (TPSA) is 82.4 Å². The van der Waals surface area contributed by atoms with Crippen molar-refractivity contribution < 1.29 is 14.3 Å². The first-order valence-electron chi connectivity index (χ1n) is 10.2. The third-order valence-electron chi connectivity index (χ3n) is 5.17. The summed E-state index contributed by atoms with van der Waals surface area (Å²) >= 11 is 7.46. The summed E-state index contributed by atoms with van der Waals surface area (Å²) in [5.74, 6) is 0.505. The number of benzene rings is 1. The summed E-state index contributed by atoms with van der Waals surface area (Å²) in [6.45, 7) is 1.93. The zero-order chi connectivity index (χ0) is 21.9. The molecule has 3 aromatic heterocycles. The van der Waals surface area contributed by atoms with Crippen LogP contribution in [0.2, 0.25) is 4.34 Å². The Labute approximate surface area is 193 Å². The van der Waals surface area contributed by atoms with E-state index in [1.54, 1.807) is 9.58 Å². The lowest BCUT2D eigenvalue weighted by Gasteiger charge is -2.32. The van der Waals surface area contributed by atoms with Crippen LogP contribution in [0.1, 0.15) is 0 Å². The van der Waals surface area contributed by atoms with Gasteiger partial charge < -0.3 is 14.4 Å². The Hall–Kier alpha value is -3.01. The Morgan fingerprint density at radius 1 is 1.22 bits per heavy atom. The highest BCUT2D eigenvalue weighted by molar-refractivity contribution is 7.19. The molecule has 0 saturated carbocycles. The van der Waals surface area contributed by atoms with E-state index >= 15 is 0 Å². The van der Waals surface area contributed by atoms with E-state index in [4.69, 9.17) is 21.1 Å². The number of amides is 1. The van der Waals surface area contributed by atoms with Crippen molar-refractivity contribution in [2.24, 2.45) is 0 Å². The highest BCUT2D eigenvalue weighted by Crippen LogP contribution is 2.29. The lowest BCUT2D eigenvalue weighted by molar-refractivity contribution is -0.140. The number of fused-ring (bicyclic) bond motifs is 1. The quantitative estimate of drug-likeness (QED) is 0.429. The van der Waals surface area contributed by atoms with Crippen molar-refractivity contribution in [1.29, 1.82) is 0 Å². The summed E-state index contributed by atoms with van der Waals surface area (Å²) in [4.78, 5) is 24.1. The molecule has 10 heteroatoms. The molecule has 5 rings (SSSR count). The number of nitrogens with zero attached hydrogens (tertiary/aromatic N) is 5. The number of ether oxygens (including phenoxy) is 2. The summed E-state index contributed by atoms with van der Waals surface area (Å²) < 4.78 is 14.1. The minimum absolute atomic E-state index is 0.00959. The van der Waals surface area contributed by atoms with Gasteiger partial charge in [-0.15, -0.1) is 11.3 Å². The number of halogens is 1. The monoisotopic (exact) mass is 469 g/mol. The largest absolute Gasteiger partial charge is 0.474 e. The minimum atomic E-state index is -0.233. The van der Waals surface area contributed by atoms with E-state index in [9.17, 15) is 4.79 Å². The normalized spacial score (nSPS) is 16.4. The maximum absolute atomic E-state index is 12.8. The average molecular weight is 470 g/mol. The van der Waals surface area contributed by atoms with Crippen molar-refractivity contribution in [3.8, 4) is 16.5 Å². The first-order chi connectivity index (χ1) is 15.7. The molecule has 0 spiro atoms. The van der Waals surface area contributed by atoms with Crippen molar-refractivity contribution >= 4 is 39.7 Å². The highest BCUT2D eigenvalue weighted by atomic mass is 35.5. The zero-order valence-corrected chi connectivity index (χ0v) is 18.6. The predicted molar refractivity (Wildman–Crippen MR) is 122 cm³/mol. The van der Waals surface area contributed by atoms with Crippen LogP contribution < -0.4 is 4.74 Å². The van der Waals surface area contributed by atoms with Gasteiger partial charge in [0.2, 0.25) is 11.8 Å². The molecule has 1 unspecified atom stereocenters. The number of hydrogen-bond donors (Lipinski definition) is 0. The number of hydrogen-bond acceptors (Lipinski definition) is 7. The first-order valence-corrected chi connectivity index (χ1v) is 11.4. The molecule has 1 aromatic carbocycles. The van der Waals surface area contributed by atoms with Crippen molar-refractivity contribution in [3.05, 3.63) is 59.3 Å². The highest BCUT2D eigenvalue weighted by Gasteiger charge is 2.25. The van der Waals surface area contributed by atoms with Gasteiger partial charge in [0.05, 0.1) is 33.3 Å². The van der Waals surface area contributed by atoms with Gasteiger partial charge in [0.25, 0.3) is 0 Å². The molecule has 1 aliphatic rings. The molecular formula is C22H20ClN5O3S. The molecule has 8 nitrogen and oxygen atoms in total. The molecule has 164 valence electrons. The molecule has 0 radical (unpaired) electrons. The van der Waals surface area contributed by atoms with Crippen LogP contribution in [-0.4, -0.2) is 63.0 Å². The van der Waals surface area contributed by atoms with Crippen LogP contribution in [-0.2, 0) is 16.1 Å². The Kier molecular flexibility index (Phi) is 6.02. The fraction of sp³-hybridized carbons (Fsp3) is 0.273. The summed E-state index contributed by atoms with van der Waals surface area (Å²) in [6, 6.07) is 13.3. The average Bonchev–Trinajstić information content (AvgIpc) is 3.46. The number of carbonyl (C=O) groups excluding carboxylic acids is 1. The maximum atomic E-state index is 12.8. The fourth-order valence-electron chi connectivity index (χ4n) is 3.59. The van der Waals surface area contributed by atoms with Crippen molar-refractivity contribution in [2.45, 2.75) is 12.6 Å². The third kappa shape index (κ3) is 4.59. The summed E-state index contributed by atoms with van der Waals surface area (Å²) in [7, 11) is 0. The standard InChI is InChI=1S/C22H20ClN5O3S/c23-20-6-5-19(32-20)18-7-8-28(26-18)12-21(29)27-9-10-30-15(11-27)13-31-22-16-3-1-2-4-17(16)24-14-25-22/h1-8,14-15H,9-13H2. The SMILES string of the molecule is O=C(Cn1ccc(-c2ccc(Cl)s2)n1)N1CCOC(COc2ncnc3ccccc23)C1. The Balaban J connectivity index is 1.18. The molecule has 4 aromatic rings. The van der Waals surface area contributed by atoms with Gasteiger partial charge in [-0.2, -0.15) is 5.10 Å². The number of rotatable bonds is 6. The maximum Gasteiger partial charge on any atom is 0.244 e. The zero-order valence-electron chi connectivity index (χ0n) is 17.1. The van der Waals surface area contributed by atoms with Crippen molar-refractivity contribution in [2.75, 3.05) is 26.3 Å². The number of morpholine rings is 1.